The summed E-state index contributed by atoms with van der Waals surface area (Å²) < 4.78 is 1.22. The van der Waals surface area contributed by atoms with E-state index in [1.54, 1.807) is 0 Å². The summed E-state index contributed by atoms with van der Waals surface area (Å²) in [4.78, 5) is 2.50. The second-order valence-electron chi connectivity index (χ2n) is 4.10. The number of likely N-dealkylation sites (N-methyl/N-ethyl adjacent to an activating group) is 1. The Morgan fingerprint density at radius 2 is 2.19 bits per heavy atom. The lowest BCUT2D eigenvalue weighted by atomic mass is 10.2. The highest BCUT2D eigenvalue weighted by atomic mass is 79.9. The van der Waals surface area contributed by atoms with E-state index in [4.69, 9.17) is 0 Å². The van der Waals surface area contributed by atoms with Crippen LogP contribution in [0.3, 0.4) is 0 Å². The van der Waals surface area contributed by atoms with Gasteiger partial charge in [-0.1, -0.05) is 34.1 Å². The molecule has 0 saturated carbocycles. The number of benzene rings is 1. The Bertz CT molecular complexity index is 333. The standard InChI is InChI=1S/C12H17BrN2.ClH/c1-14-11-6-7-15(9-11)8-10-4-2-3-5-12(10)13;/h2-5,11,14H,6-9H2,1H3;1H. The first-order valence-corrected chi connectivity index (χ1v) is 6.22. The van der Waals surface area contributed by atoms with Gasteiger partial charge in [0.2, 0.25) is 0 Å². The molecular formula is C12H18BrClN2. The van der Waals surface area contributed by atoms with E-state index in [-0.39, 0.29) is 12.4 Å². The lowest BCUT2D eigenvalue weighted by Gasteiger charge is -2.16. The van der Waals surface area contributed by atoms with Gasteiger partial charge in [-0.25, -0.2) is 0 Å². The molecule has 1 fully saturated rings. The van der Waals surface area contributed by atoms with Crippen LogP contribution in [-0.4, -0.2) is 31.1 Å². The number of nitrogens with zero attached hydrogens (tertiary/aromatic N) is 1. The third-order valence-corrected chi connectivity index (χ3v) is 3.81. The summed E-state index contributed by atoms with van der Waals surface area (Å²) in [6, 6.07) is 9.14. The summed E-state index contributed by atoms with van der Waals surface area (Å²) in [6.07, 6.45) is 1.26. The Morgan fingerprint density at radius 1 is 1.44 bits per heavy atom. The van der Waals surface area contributed by atoms with E-state index in [0.717, 1.165) is 13.1 Å². The predicted octanol–water partition coefficient (Wildman–Crippen LogP) is 2.66. The van der Waals surface area contributed by atoms with Crippen molar-refractivity contribution in [3.63, 3.8) is 0 Å². The normalized spacial score (nSPS) is 20.8. The van der Waals surface area contributed by atoms with Crippen LogP contribution in [-0.2, 0) is 6.54 Å². The van der Waals surface area contributed by atoms with Crippen LogP contribution in [0.1, 0.15) is 12.0 Å². The second kappa shape index (κ2) is 6.60. The van der Waals surface area contributed by atoms with Crippen molar-refractivity contribution in [2.75, 3.05) is 20.1 Å². The van der Waals surface area contributed by atoms with E-state index in [0.29, 0.717) is 6.04 Å². The quantitative estimate of drug-likeness (QED) is 0.923. The number of hydrogen-bond acceptors (Lipinski definition) is 2. The highest BCUT2D eigenvalue weighted by Gasteiger charge is 2.20. The van der Waals surface area contributed by atoms with Crippen LogP contribution in [0.4, 0.5) is 0 Å². The van der Waals surface area contributed by atoms with Crippen LogP contribution in [0.2, 0.25) is 0 Å². The number of nitrogens with one attached hydrogen (secondary N) is 1. The van der Waals surface area contributed by atoms with Gasteiger partial charge < -0.3 is 5.32 Å². The van der Waals surface area contributed by atoms with Crippen molar-refractivity contribution in [3.8, 4) is 0 Å². The molecule has 1 aliphatic heterocycles. The summed E-state index contributed by atoms with van der Waals surface area (Å²) in [7, 11) is 2.05. The first-order valence-electron chi connectivity index (χ1n) is 5.42. The van der Waals surface area contributed by atoms with Crippen LogP contribution >= 0.6 is 28.3 Å². The van der Waals surface area contributed by atoms with Crippen molar-refractivity contribution in [1.29, 1.82) is 0 Å². The van der Waals surface area contributed by atoms with Crippen molar-refractivity contribution in [3.05, 3.63) is 34.3 Å². The minimum Gasteiger partial charge on any atom is -0.316 e. The molecular weight excluding hydrogens is 288 g/mol. The topological polar surface area (TPSA) is 15.3 Å². The van der Waals surface area contributed by atoms with Crippen molar-refractivity contribution >= 4 is 28.3 Å². The Hall–Kier alpha value is -0.0900. The number of likely N-dealkylation sites (tertiary alicyclic amines) is 1. The van der Waals surface area contributed by atoms with Crippen molar-refractivity contribution in [2.24, 2.45) is 0 Å². The van der Waals surface area contributed by atoms with Crippen LogP contribution in [0.5, 0.6) is 0 Å². The zero-order chi connectivity index (χ0) is 10.7. The molecule has 1 N–H and O–H groups in total. The minimum atomic E-state index is 0. The molecule has 1 atom stereocenters. The molecule has 0 bridgehead atoms. The molecule has 1 unspecified atom stereocenters. The monoisotopic (exact) mass is 304 g/mol. The summed E-state index contributed by atoms with van der Waals surface area (Å²) in [6.45, 7) is 3.42. The van der Waals surface area contributed by atoms with Crippen LogP contribution < -0.4 is 5.32 Å². The first-order chi connectivity index (χ1) is 7.29. The molecule has 1 saturated heterocycles. The van der Waals surface area contributed by atoms with Crippen molar-refractivity contribution in [2.45, 2.75) is 19.0 Å². The van der Waals surface area contributed by atoms with E-state index >= 15 is 0 Å². The molecule has 0 amide bonds. The SMILES string of the molecule is CNC1CCN(Cc2ccccc2Br)C1.Cl. The summed E-state index contributed by atoms with van der Waals surface area (Å²) in [5.41, 5.74) is 1.38. The molecule has 2 rings (SSSR count). The number of halogens is 2. The summed E-state index contributed by atoms with van der Waals surface area (Å²) in [5, 5.41) is 3.34. The molecule has 90 valence electrons. The third kappa shape index (κ3) is 3.45. The largest absolute Gasteiger partial charge is 0.316 e. The predicted molar refractivity (Wildman–Crippen MR) is 74.1 cm³/mol. The molecule has 1 aliphatic rings. The summed E-state index contributed by atoms with van der Waals surface area (Å²) in [5.74, 6) is 0. The van der Waals surface area contributed by atoms with Crippen LogP contribution in [0, 0.1) is 0 Å². The van der Waals surface area contributed by atoms with Crippen LogP contribution in [0.25, 0.3) is 0 Å². The Balaban J connectivity index is 0.00000128. The Morgan fingerprint density at radius 3 is 2.81 bits per heavy atom. The Kier molecular flexibility index (Phi) is 5.76. The molecule has 1 heterocycles. The van der Waals surface area contributed by atoms with Gasteiger partial charge in [0.15, 0.2) is 0 Å². The van der Waals surface area contributed by atoms with E-state index in [9.17, 15) is 0 Å². The van der Waals surface area contributed by atoms with Crippen molar-refractivity contribution < 1.29 is 0 Å². The van der Waals surface area contributed by atoms with E-state index in [1.165, 1.54) is 23.0 Å². The van der Waals surface area contributed by atoms with Gasteiger partial charge in [0, 0.05) is 30.1 Å². The average Bonchev–Trinajstić information content (AvgIpc) is 2.69. The number of rotatable bonds is 3. The molecule has 0 aliphatic carbocycles. The molecule has 1 aromatic rings. The van der Waals surface area contributed by atoms with E-state index < -0.39 is 0 Å². The molecule has 16 heavy (non-hydrogen) atoms. The van der Waals surface area contributed by atoms with Gasteiger partial charge in [0.25, 0.3) is 0 Å². The molecule has 0 spiro atoms. The highest BCUT2D eigenvalue weighted by molar-refractivity contribution is 9.10. The lowest BCUT2D eigenvalue weighted by Crippen LogP contribution is -2.29. The van der Waals surface area contributed by atoms with Gasteiger partial charge in [0.1, 0.15) is 0 Å². The molecule has 1 aromatic carbocycles. The Labute approximate surface area is 112 Å². The fourth-order valence-electron chi connectivity index (χ4n) is 2.08. The third-order valence-electron chi connectivity index (χ3n) is 3.03. The van der Waals surface area contributed by atoms with Gasteiger partial charge >= 0.3 is 0 Å². The lowest BCUT2D eigenvalue weighted by molar-refractivity contribution is 0.322. The van der Waals surface area contributed by atoms with Gasteiger partial charge in [-0.05, 0) is 25.1 Å². The zero-order valence-corrected chi connectivity index (χ0v) is 11.9. The first kappa shape index (κ1) is 14.0. The zero-order valence-electron chi connectivity index (χ0n) is 9.45. The fourth-order valence-corrected chi connectivity index (χ4v) is 2.49. The van der Waals surface area contributed by atoms with E-state index in [1.807, 2.05) is 7.05 Å². The molecule has 0 radical (unpaired) electrons. The maximum atomic E-state index is 3.59. The fraction of sp³-hybridized carbons (Fsp3) is 0.500. The maximum absolute atomic E-state index is 3.59. The van der Waals surface area contributed by atoms with Crippen molar-refractivity contribution in [1.82, 2.24) is 10.2 Å². The molecule has 2 nitrogen and oxygen atoms in total. The van der Waals surface area contributed by atoms with Gasteiger partial charge in [0.05, 0.1) is 0 Å². The average molecular weight is 306 g/mol. The number of hydrogen-bond donors (Lipinski definition) is 1. The van der Waals surface area contributed by atoms with E-state index in [2.05, 4.69) is 50.4 Å². The minimum absolute atomic E-state index is 0. The van der Waals surface area contributed by atoms with Gasteiger partial charge in [-0.15, -0.1) is 12.4 Å². The smallest absolute Gasteiger partial charge is 0.0245 e. The highest BCUT2D eigenvalue weighted by Crippen LogP contribution is 2.20. The van der Waals surface area contributed by atoms with Gasteiger partial charge in [-0.2, -0.15) is 0 Å². The van der Waals surface area contributed by atoms with Crippen LogP contribution in [0.15, 0.2) is 28.7 Å². The van der Waals surface area contributed by atoms with Gasteiger partial charge in [-0.3, -0.25) is 4.90 Å². The molecule has 0 aromatic heterocycles. The summed E-state index contributed by atoms with van der Waals surface area (Å²) >= 11 is 3.59. The second-order valence-corrected chi connectivity index (χ2v) is 4.96. The molecule has 4 heteroatoms. The maximum Gasteiger partial charge on any atom is 0.0245 e.